The average molecular weight is 377 g/mol. The minimum absolute atomic E-state index is 0.0768. The lowest BCUT2D eigenvalue weighted by atomic mass is 10.0. The van der Waals surface area contributed by atoms with Crippen molar-refractivity contribution in [3.8, 4) is 34.3 Å². The van der Waals surface area contributed by atoms with Gasteiger partial charge in [0.1, 0.15) is 5.15 Å². The Kier molecular flexibility index (Phi) is 4.25. The van der Waals surface area contributed by atoms with Gasteiger partial charge >= 0.3 is 5.69 Å². The molecule has 2 heterocycles. The van der Waals surface area contributed by atoms with E-state index in [1.165, 1.54) is 0 Å². The molecule has 2 aromatic heterocycles. The standard InChI is InChI=1S/C16H13ClN4O5/c1-6-7(2)12(14(17)18-8(6)3)15-19-16(26-20-15)9-4-10(21(24)25)13(23)11(22)5-9/h4-5,22-23H,1-3H3. The van der Waals surface area contributed by atoms with Crippen molar-refractivity contribution in [2.24, 2.45) is 0 Å². The molecule has 0 spiro atoms. The fourth-order valence-electron chi connectivity index (χ4n) is 2.47. The van der Waals surface area contributed by atoms with Crippen LogP contribution in [0.15, 0.2) is 16.7 Å². The molecule has 9 nitrogen and oxygen atoms in total. The van der Waals surface area contributed by atoms with E-state index >= 15 is 0 Å². The molecule has 0 radical (unpaired) electrons. The Morgan fingerprint density at radius 2 is 1.85 bits per heavy atom. The van der Waals surface area contributed by atoms with Crippen LogP contribution in [-0.4, -0.2) is 30.3 Å². The maximum atomic E-state index is 11.0. The predicted molar refractivity (Wildman–Crippen MR) is 92.2 cm³/mol. The molecule has 2 N–H and O–H groups in total. The summed E-state index contributed by atoms with van der Waals surface area (Å²) in [5.74, 6) is -1.42. The first-order valence-electron chi connectivity index (χ1n) is 7.38. The molecule has 0 aliphatic carbocycles. The van der Waals surface area contributed by atoms with Crippen molar-refractivity contribution in [1.29, 1.82) is 0 Å². The van der Waals surface area contributed by atoms with E-state index in [0.29, 0.717) is 5.56 Å². The van der Waals surface area contributed by atoms with Crippen LogP contribution >= 0.6 is 11.6 Å². The SMILES string of the molecule is Cc1nc(Cl)c(-c2noc(-c3cc(O)c(O)c([N+](=O)[O-])c3)n2)c(C)c1C. The third kappa shape index (κ3) is 2.82. The Morgan fingerprint density at radius 3 is 2.50 bits per heavy atom. The molecule has 0 amide bonds. The second-order valence-corrected chi connectivity index (χ2v) is 6.01. The molecule has 0 saturated heterocycles. The first kappa shape index (κ1) is 17.6. The topological polar surface area (TPSA) is 135 Å². The van der Waals surface area contributed by atoms with Crippen LogP contribution in [0, 0.1) is 30.9 Å². The predicted octanol–water partition coefficient (Wildman–Crippen LogP) is 3.70. The Hall–Kier alpha value is -3.20. The second-order valence-electron chi connectivity index (χ2n) is 5.66. The number of aryl methyl sites for hydroxylation is 1. The van der Waals surface area contributed by atoms with Crippen LogP contribution in [-0.2, 0) is 0 Å². The van der Waals surface area contributed by atoms with Gasteiger partial charge in [-0.3, -0.25) is 10.1 Å². The van der Waals surface area contributed by atoms with Crippen LogP contribution in [0.25, 0.3) is 22.8 Å². The van der Waals surface area contributed by atoms with E-state index in [9.17, 15) is 20.3 Å². The van der Waals surface area contributed by atoms with Gasteiger partial charge in [-0.15, -0.1) is 0 Å². The molecule has 10 heteroatoms. The number of nitro groups is 1. The van der Waals surface area contributed by atoms with Gasteiger partial charge in [0.05, 0.1) is 16.1 Å². The zero-order valence-corrected chi connectivity index (χ0v) is 14.7. The molecule has 0 aliphatic heterocycles. The molecular formula is C16H13ClN4O5. The van der Waals surface area contributed by atoms with Gasteiger partial charge in [0.25, 0.3) is 5.89 Å². The maximum Gasteiger partial charge on any atom is 0.315 e. The lowest BCUT2D eigenvalue weighted by Crippen LogP contribution is -1.97. The fourth-order valence-corrected chi connectivity index (χ4v) is 2.82. The van der Waals surface area contributed by atoms with Crippen LogP contribution < -0.4 is 0 Å². The Morgan fingerprint density at radius 1 is 1.15 bits per heavy atom. The number of halogens is 1. The number of hydrogen-bond acceptors (Lipinski definition) is 8. The Labute approximate surface area is 152 Å². The summed E-state index contributed by atoms with van der Waals surface area (Å²) in [5.41, 5.74) is 2.42. The number of hydrogen-bond donors (Lipinski definition) is 2. The third-order valence-corrected chi connectivity index (χ3v) is 4.39. The van der Waals surface area contributed by atoms with Gasteiger partial charge in [-0.2, -0.15) is 4.98 Å². The molecule has 0 saturated carbocycles. The van der Waals surface area contributed by atoms with Gasteiger partial charge in [-0.25, -0.2) is 4.98 Å². The molecule has 3 rings (SSSR count). The van der Waals surface area contributed by atoms with Crippen molar-refractivity contribution in [3.63, 3.8) is 0 Å². The number of nitro benzene ring substituents is 1. The number of phenolic OH excluding ortho intramolecular Hbond substituents is 2. The number of benzene rings is 1. The number of aromatic hydroxyl groups is 2. The number of nitrogens with zero attached hydrogens (tertiary/aromatic N) is 4. The lowest BCUT2D eigenvalue weighted by molar-refractivity contribution is -0.385. The largest absolute Gasteiger partial charge is 0.504 e. The van der Waals surface area contributed by atoms with Crippen molar-refractivity contribution in [1.82, 2.24) is 15.1 Å². The van der Waals surface area contributed by atoms with E-state index in [1.54, 1.807) is 0 Å². The molecule has 0 bridgehead atoms. The highest BCUT2D eigenvalue weighted by molar-refractivity contribution is 6.32. The number of rotatable bonds is 3. The first-order valence-corrected chi connectivity index (χ1v) is 7.76. The molecule has 0 atom stereocenters. The smallest absolute Gasteiger partial charge is 0.315 e. The monoisotopic (exact) mass is 376 g/mol. The van der Waals surface area contributed by atoms with Gasteiger partial charge in [-0.05, 0) is 38.0 Å². The molecule has 134 valence electrons. The number of pyridine rings is 1. The van der Waals surface area contributed by atoms with Crippen LogP contribution in [0.4, 0.5) is 5.69 Å². The zero-order valence-electron chi connectivity index (χ0n) is 13.9. The molecule has 0 fully saturated rings. The maximum absolute atomic E-state index is 11.0. The van der Waals surface area contributed by atoms with Crippen molar-refractivity contribution in [2.75, 3.05) is 0 Å². The van der Waals surface area contributed by atoms with E-state index in [-0.39, 0.29) is 22.4 Å². The van der Waals surface area contributed by atoms with Crippen molar-refractivity contribution >= 4 is 17.3 Å². The highest BCUT2D eigenvalue weighted by Crippen LogP contribution is 2.39. The second kappa shape index (κ2) is 6.26. The summed E-state index contributed by atoms with van der Waals surface area (Å²) in [6.07, 6.45) is 0. The highest BCUT2D eigenvalue weighted by Gasteiger charge is 2.23. The molecule has 26 heavy (non-hydrogen) atoms. The quantitative estimate of drug-likeness (QED) is 0.305. The summed E-state index contributed by atoms with van der Waals surface area (Å²) in [6.45, 7) is 5.57. The summed E-state index contributed by atoms with van der Waals surface area (Å²) in [6, 6.07) is 2.12. The van der Waals surface area contributed by atoms with Gasteiger partial charge in [0.2, 0.25) is 11.6 Å². The van der Waals surface area contributed by atoms with E-state index < -0.39 is 22.1 Å². The van der Waals surface area contributed by atoms with Crippen LogP contribution in [0.3, 0.4) is 0 Å². The van der Waals surface area contributed by atoms with Crippen molar-refractivity contribution in [3.05, 3.63) is 44.2 Å². The molecule has 0 unspecified atom stereocenters. The summed E-state index contributed by atoms with van der Waals surface area (Å²) in [4.78, 5) is 18.6. The summed E-state index contributed by atoms with van der Waals surface area (Å²) >= 11 is 6.21. The van der Waals surface area contributed by atoms with Gasteiger partial charge in [-0.1, -0.05) is 16.8 Å². The Bertz CT molecular complexity index is 1050. The van der Waals surface area contributed by atoms with E-state index in [2.05, 4.69) is 15.1 Å². The van der Waals surface area contributed by atoms with E-state index in [0.717, 1.165) is 29.0 Å². The Balaban J connectivity index is 2.13. The first-order chi connectivity index (χ1) is 12.2. The van der Waals surface area contributed by atoms with Gasteiger partial charge in [0, 0.05) is 11.8 Å². The van der Waals surface area contributed by atoms with Crippen molar-refractivity contribution in [2.45, 2.75) is 20.8 Å². The molecule has 3 aromatic rings. The summed E-state index contributed by atoms with van der Waals surface area (Å²) in [5, 5.41) is 34.3. The van der Waals surface area contributed by atoms with Crippen LogP contribution in [0.1, 0.15) is 16.8 Å². The van der Waals surface area contributed by atoms with Gasteiger partial charge < -0.3 is 14.7 Å². The van der Waals surface area contributed by atoms with Gasteiger partial charge in [0.15, 0.2) is 5.75 Å². The molecule has 1 aromatic carbocycles. The molecule has 0 aliphatic rings. The summed E-state index contributed by atoms with van der Waals surface area (Å²) in [7, 11) is 0. The molecular weight excluding hydrogens is 364 g/mol. The lowest BCUT2D eigenvalue weighted by Gasteiger charge is -2.09. The minimum atomic E-state index is -0.837. The normalized spacial score (nSPS) is 10.9. The van der Waals surface area contributed by atoms with E-state index in [1.807, 2.05) is 20.8 Å². The van der Waals surface area contributed by atoms with E-state index in [4.69, 9.17) is 16.1 Å². The van der Waals surface area contributed by atoms with Crippen LogP contribution in [0.5, 0.6) is 11.5 Å². The van der Waals surface area contributed by atoms with Crippen molar-refractivity contribution < 1.29 is 19.7 Å². The number of aromatic nitrogens is 3. The zero-order chi connectivity index (χ0) is 19.2. The van der Waals surface area contributed by atoms with Crippen LogP contribution in [0.2, 0.25) is 5.15 Å². The third-order valence-electron chi connectivity index (χ3n) is 4.12. The summed E-state index contributed by atoms with van der Waals surface area (Å²) < 4.78 is 5.15. The highest BCUT2D eigenvalue weighted by atomic mass is 35.5. The average Bonchev–Trinajstić information content (AvgIpc) is 3.04. The fraction of sp³-hybridized carbons (Fsp3) is 0.188. The number of phenols is 2. The minimum Gasteiger partial charge on any atom is -0.504 e.